The van der Waals surface area contributed by atoms with Crippen molar-refractivity contribution in [2.24, 2.45) is 0 Å². The molecule has 0 aliphatic rings. The van der Waals surface area contributed by atoms with E-state index in [1.54, 1.807) is 7.11 Å². The van der Waals surface area contributed by atoms with E-state index in [-0.39, 0.29) is 17.8 Å². The van der Waals surface area contributed by atoms with Crippen LogP contribution < -0.4 is 27.9 Å². The molecule has 0 saturated heterocycles. The van der Waals surface area contributed by atoms with Crippen molar-refractivity contribution in [2.75, 3.05) is 7.11 Å². The quantitative estimate of drug-likeness (QED) is 0.476. The normalized spacial score (nSPS) is 10.6. The van der Waals surface area contributed by atoms with Crippen molar-refractivity contribution in [3.8, 4) is 17.1 Å². The van der Waals surface area contributed by atoms with Crippen LogP contribution in [0.5, 0.6) is 5.75 Å². The van der Waals surface area contributed by atoms with Gasteiger partial charge >= 0.3 is 0 Å². The number of rotatable bonds is 7. The molecule has 0 saturated carbocycles. The minimum Gasteiger partial charge on any atom is -1.00 e. The average Bonchev–Trinajstić information content (AvgIpc) is 2.80. The van der Waals surface area contributed by atoms with Crippen LogP contribution in [0.25, 0.3) is 22.3 Å². The molecular formula is C26H26ClNO3. The first kappa shape index (κ1) is 22.6. The molecule has 2 N–H and O–H groups in total. The molecule has 0 aliphatic heterocycles. The number of quaternary nitrogens is 1. The Labute approximate surface area is 188 Å². The van der Waals surface area contributed by atoms with Crippen LogP contribution in [0.2, 0.25) is 0 Å². The Balaban J connectivity index is 0.00000272. The third kappa shape index (κ3) is 4.66. The highest BCUT2D eigenvalue weighted by Gasteiger charge is 2.20. The van der Waals surface area contributed by atoms with Crippen LogP contribution in [0.4, 0.5) is 0 Å². The molecule has 1 aromatic heterocycles. The van der Waals surface area contributed by atoms with Gasteiger partial charge in [0.05, 0.1) is 18.1 Å². The minimum atomic E-state index is 0. The number of methoxy groups -OCH3 is 1. The molecule has 0 fully saturated rings. The Morgan fingerprint density at radius 3 is 2.19 bits per heavy atom. The van der Waals surface area contributed by atoms with Gasteiger partial charge in [0.2, 0.25) is 0 Å². The molecule has 4 nitrogen and oxygen atoms in total. The summed E-state index contributed by atoms with van der Waals surface area (Å²) < 4.78 is 12.0. The Kier molecular flexibility index (Phi) is 7.50. The lowest BCUT2D eigenvalue weighted by molar-refractivity contribution is -0.686. The number of halogens is 1. The van der Waals surface area contributed by atoms with Crippen molar-refractivity contribution in [3.05, 3.63) is 99.7 Å². The largest absolute Gasteiger partial charge is 1.00 e. The number of nitrogens with two attached hydrogens (primary N) is 1. The summed E-state index contributed by atoms with van der Waals surface area (Å²) in [4.78, 5) is 13.3. The molecule has 0 radical (unpaired) electrons. The number of hydrogen-bond acceptors (Lipinski definition) is 3. The van der Waals surface area contributed by atoms with Crippen molar-refractivity contribution in [3.63, 3.8) is 0 Å². The van der Waals surface area contributed by atoms with Crippen molar-refractivity contribution in [1.82, 2.24) is 0 Å². The number of hydrogen-bond donors (Lipinski definition) is 1. The predicted molar refractivity (Wildman–Crippen MR) is 120 cm³/mol. The smallest absolute Gasteiger partial charge is 0.196 e. The van der Waals surface area contributed by atoms with Crippen molar-refractivity contribution < 1.29 is 26.9 Å². The maximum atomic E-state index is 13.3. The van der Waals surface area contributed by atoms with Gasteiger partial charge in [0, 0.05) is 16.7 Å². The molecule has 0 bridgehead atoms. The molecular weight excluding hydrogens is 410 g/mol. The summed E-state index contributed by atoms with van der Waals surface area (Å²) in [5.41, 5.74) is 4.41. The van der Waals surface area contributed by atoms with Crippen molar-refractivity contribution in [1.29, 1.82) is 0 Å². The van der Waals surface area contributed by atoms with E-state index in [0.29, 0.717) is 35.3 Å². The highest BCUT2D eigenvalue weighted by molar-refractivity contribution is 5.85. The molecule has 0 atom stereocenters. The third-order valence-corrected chi connectivity index (χ3v) is 5.40. The van der Waals surface area contributed by atoms with Crippen LogP contribution in [-0.2, 0) is 19.5 Å². The highest BCUT2D eigenvalue weighted by atomic mass is 35.5. The standard InChI is InChI=1S/C26H25NO3.ClH/c1-3-20-24(28)21-14-15-23(29-2)22(17-27-16-18-10-6-4-7-11-18)26(21)30-25(20)19-12-8-5-9-13-19;/h4-15,27H,3,16-17H2,1-2H3;1H. The lowest BCUT2D eigenvalue weighted by Gasteiger charge is -2.14. The third-order valence-electron chi connectivity index (χ3n) is 5.40. The van der Waals surface area contributed by atoms with Crippen LogP contribution in [0.1, 0.15) is 23.6 Å². The van der Waals surface area contributed by atoms with Gasteiger partial charge in [-0.3, -0.25) is 4.79 Å². The number of benzene rings is 3. The van der Waals surface area contributed by atoms with E-state index in [9.17, 15) is 4.79 Å². The first-order valence-electron chi connectivity index (χ1n) is 10.3. The summed E-state index contributed by atoms with van der Waals surface area (Å²) in [7, 11) is 1.65. The molecule has 1 heterocycles. The van der Waals surface area contributed by atoms with Gasteiger partial charge in [-0.25, -0.2) is 0 Å². The lowest BCUT2D eigenvalue weighted by Crippen LogP contribution is -3.00. The van der Waals surface area contributed by atoms with Gasteiger partial charge in [-0.15, -0.1) is 0 Å². The Bertz CT molecular complexity index is 1200. The van der Waals surface area contributed by atoms with Crippen LogP contribution >= 0.6 is 0 Å². The fourth-order valence-electron chi connectivity index (χ4n) is 3.86. The van der Waals surface area contributed by atoms with E-state index < -0.39 is 0 Å². The van der Waals surface area contributed by atoms with Gasteiger partial charge in [0.1, 0.15) is 24.6 Å². The Morgan fingerprint density at radius 2 is 1.55 bits per heavy atom. The summed E-state index contributed by atoms with van der Waals surface area (Å²) >= 11 is 0. The second kappa shape index (κ2) is 10.3. The molecule has 160 valence electrons. The van der Waals surface area contributed by atoms with E-state index >= 15 is 0 Å². The molecule has 0 spiro atoms. The molecule has 3 aromatic carbocycles. The monoisotopic (exact) mass is 435 g/mol. The van der Waals surface area contributed by atoms with Crippen molar-refractivity contribution >= 4 is 11.0 Å². The fourth-order valence-corrected chi connectivity index (χ4v) is 3.86. The Hall–Kier alpha value is -3.08. The van der Waals surface area contributed by atoms with Crippen molar-refractivity contribution in [2.45, 2.75) is 26.4 Å². The first-order chi connectivity index (χ1) is 14.7. The zero-order valence-electron chi connectivity index (χ0n) is 17.7. The average molecular weight is 436 g/mol. The van der Waals surface area contributed by atoms with Gasteiger partial charge in [-0.1, -0.05) is 67.6 Å². The predicted octanol–water partition coefficient (Wildman–Crippen LogP) is 1.30. The summed E-state index contributed by atoms with van der Waals surface area (Å²) in [6.07, 6.45) is 0.615. The summed E-state index contributed by atoms with van der Waals surface area (Å²) in [5.74, 6) is 1.38. The summed E-state index contributed by atoms with van der Waals surface area (Å²) in [6, 6.07) is 23.8. The maximum absolute atomic E-state index is 13.3. The molecule has 5 heteroatoms. The van der Waals surface area contributed by atoms with E-state index in [1.807, 2.05) is 67.6 Å². The second-order valence-corrected chi connectivity index (χ2v) is 7.26. The van der Waals surface area contributed by atoms with Crippen LogP contribution in [0.15, 0.2) is 82.0 Å². The topological polar surface area (TPSA) is 56.1 Å². The van der Waals surface area contributed by atoms with E-state index in [4.69, 9.17) is 9.15 Å². The van der Waals surface area contributed by atoms with Gasteiger partial charge in [-0.2, -0.15) is 0 Å². The summed E-state index contributed by atoms with van der Waals surface area (Å²) in [5, 5.41) is 2.80. The molecule has 0 aliphatic carbocycles. The highest BCUT2D eigenvalue weighted by Crippen LogP contribution is 2.31. The van der Waals surface area contributed by atoms with Gasteiger partial charge < -0.3 is 26.9 Å². The SMILES string of the molecule is CCc1c(-c2ccccc2)oc2c(C[NH2+]Cc3ccccc3)c(OC)ccc2c1=O.[Cl-]. The zero-order chi connectivity index (χ0) is 20.9. The fraction of sp³-hybridized carbons (Fsp3) is 0.192. The summed E-state index contributed by atoms with van der Waals surface area (Å²) in [6.45, 7) is 3.48. The van der Waals surface area contributed by atoms with Gasteiger partial charge in [0.25, 0.3) is 0 Å². The van der Waals surface area contributed by atoms with Gasteiger partial charge in [0.15, 0.2) is 11.0 Å². The molecule has 31 heavy (non-hydrogen) atoms. The molecule has 4 aromatic rings. The van der Waals surface area contributed by atoms with Crippen LogP contribution in [0, 0.1) is 0 Å². The van der Waals surface area contributed by atoms with E-state index in [1.165, 1.54) is 5.56 Å². The Morgan fingerprint density at radius 1 is 0.871 bits per heavy atom. The van der Waals surface area contributed by atoms with Crippen LogP contribution in [-0.4, -0.2) is 7.11 Å². The van der Waals surface area contributed by atoms with Crippen LogP contribution in [0.3, 0.4) is 0 Å². The molecule has 0 unspecified atom stereocenters. The zero-order valence-corrected chi connectivity index (χ0v) is 18.5. The van der Waals surface area contributed by atoms with E-state index in [0.717, 1.165) is 23.4 Å². The van der Waals surface area contributed by atoms with E-state index in [2.05, 4.69) is 17.4 Å². The lowest BCUT2D eigenvalue weighted by atomic mass is 10.0. The minimum absolute atomic E-state index is 0. The molecule has 0 amide bonds. The maximum Gasteiger partial charge on any atom is 0.196 e. The number of fused-ring (bicyclic) bond motifs is 1. The number of ether oxygens (including phenoxy) is 1. The first-order valence-corrected chi connectivity index (χ1v) is 10.3. The molecule has 4 rings (SSSR count). The second-order valence-electron chi connectivity index (χ2n) is 7.26. The van der Waals surface area contributed by atoms with Gasteiger partial charge in [-0.05, 0) is 18.6 Å².